The fourth-order valence-corrected chi connectivity index (χ4v) is 3.65. The topological polar surface area (TPSA) is 115 Å². The second-order valence-corrected chi connectivity index (χ2v) is 6.47. The van der Waals surface area contributed by atoms with Crippen LogP contribution in [0.15, 0.2) is 24.3 Å². The number of aryl methyl sites for hydroxylation is 1. The Morgan fingerprint density at radius 1 is 1.32 bits per heavy atom. The van der Waals surface area contributed by atoms with Crippen LogP contribution in [0.2, 0.25) is 0 Å². The quantitative estimate of drug-likeness (QED) is 0.697. The third-order valence-corrected chi connectivity index (χ3v) is 4.90. The molecule has 126 valence electrons. The van der Waals surface area contributed by atoms with Crippen molar-refractivity contribution in [1.29, 1.82) is 5.26 Å². The van der Waals surface area contributed by atoms with Gasteiger partial charge in [0.25, 0.3) is 0 Å². The predicted octanol–water partition coefficient (Wildman–Crippen LogP) is 3.48. The number of thiophene rings is 1. The molecular weight excluding hydrogens is 336 g/mol. The van der Waals surface area contributed by atoms with Gasteiger partial charge in [-0.1, -0.05) is 29.8 Å². The highest BCUT2D eigenvalue weighted by Gasteiger charge is 2.24. The Morgan fingerprint density at radius 3 is 2.60 bits per heavy atom. The van der Waals surface area contributed by atoms with Crippen LogP contribution >= 0.6 is 11.3 Å². The number of esters is 1. The van der Waals surface area contributed by atoms with Crippen LogP contribution in [0.25, 0.3) is 21.3 Å². The second kappa shape index (κ2) is 6.42. The zero-order valence-corrected chi connectivity index (χ0v) is 14.6. The number of nitrogens with two attached hydrogens (primary N) is 2. The number of carbonyl (C=O) groups is 1. The maximum atomic E-state index is 12.2. The molecular formula is C18H16N4O2S. The Kier molecular flexibility index (Phi) is 4.30. The summed E-state index contributed by atoms with van der Waals surface area (Å²) < 4.78 is 5.05. The van der Waals surface area contributed by atoms with E-state index in [4.69, 9.17) is 16.2 Å². The zero-order chi connectivity index (χ0) is 18.1. The van der Waals surface area contributed by atoms with Gasteiger partial charge in [0.05, 0.1) is 12.3 Å². The molecule has 4 N–H and O–H groups in total. The van der Waals surface area contributed by atoms with Crippen LogP contribution in [0.3, 0.4) is 0 Å². The number of nitrogen functional groups attached to an aromatic ring is 2. The van der Waals surface area contributed by atoms with Gasteiger partial charge < -0.3 is 16.2 Å². The molecule has 0 saturated heterocycles. The Hall–Kier alpha value is -3.11. The first kappa shape index (κ1) is 16.7. The molecule has 0 unspecified atom stereocenters. The minimum absolute atomic E-state index is 0.113. The van der Waals surface area contributed by atoms with Crippen molar-refractivity contribution < 1.29 is 9.53 Å². The van der Waals surface area contributed by atoms with Gasteiger partial charge in [-0.05, 0) is 19.4 Å². The van der Waals surface area contributed by atoms with Crippen LogP contribution in [0.4, 0.5) is 11.5 Å². The van der Waals surface area contributed by atoms with Gasteiger partial charge in [-0.2, -0.15) is 5.26 Å². The lowest BCUT2D eigenvalue weighted by molar-refractivity contribution is 0.0533. The molecule has 0 amide bonds. The molecule has 0 bridgehead atoms. The highest BCUT2D eigenvalue weighted by atomic mass is 32.1. The fourth-order valence-electron chi connectivity index (χ4n) is 2.64. The van der Waals surface area contributed by atoms with E-state index < -0.39 is 5.97 Å². The fraction of sp³-hybridized carbons (Fsp3) is 0.167. The summed E-state index contributed by atoms with van der Waals surface area (Å²) in [4.78, 5) is 17.2. The van der Waals surface area contributed by atoms with E-state index in [1.807, 2.05) is 31.2 Å². The summed E-state index contributed by atoms with van der Waals surface area (Å²) in [6.45, 7) is 3.95. The van der Waals surface area contributed by atoms with Gasteiger partial charge in [0.15, 0.2) is 0 Å². The largest absolute Gasteiger partial charge is 0.462 e. The molecule has 0 aliphatic heterocycles. The van der Waals surface area contributed by atoms with Crippen molar-refractivity contribution in [2.24, 2.45) is 0 Å². The molecule has 3 rings (SSSR count). The lowest BCUT2D eigenvalue weighted by Gasteiger charge is -2.10. The number of hydrogen-bond acceptors (Lipinski definition) is 7. The van der Waals surface area contributed by atoms with E-state index in [2.05, 4.69) is 11.1 Å². The first-order chi connectivity index (χ1) is 12.0. The highest BCUT2D eigenvalue weighted by Crippen LogP contribution is 2.42. The summed E-state index contributed by atoms with van der Waals surface area (Å²) in [5.41, 5.74) is 15.2. The monoisotopic (exact) mass is 352 g/mol. The maximum absolute atomic E-state index is 12.2. The Bertz CT molecular complexity index is 1020. The van der Waals surface area contributed by atoms with Gasteiger partial charge in [0.2, 0.25) is 0 Å². The number of ether oxygens (including phenoxy) is 1. The van der Waals surface area contributed by atoms with Crippen LogP contribution < -0.4 is 11.5 Å². The number of nitriles is 1. The minimum atomic E-state index is -0.505. The number of nitrogens with zero attached hydrogens (tertiary/aromatic N) is 2. The molecule has 0 spiro atoms. The van der Waals surface area contributed by atoms with Crippen molar-refractivity contribution in [3.63, 3.8) is 0 Å². The average Bonchev–Trinajstić information content (AvgIpc) is 2.91. The van der Waals surface area contributed by atoms with Crippen LogP contribution in [-0.2, 0) is 4.74 Å². The second-order valence-electron chi connectivity index (χ2n) is 5.47. The van der Waals surface area contributed by atoms with Crippen LogP contribution in [0, 0.1) is 18.3 Å². The number of carbonyl (C=O) groups excluding carboxylic acids is 1. The first-order valence-corrected chi connectivity index (χ1v) is 8.45. The Morgan fingerprint density at radius 2 is 2.00 bits per heavy atom. The third-order valence-electron chi connectivity index (χ3n) is 3.82. The number of aromatic nitrogens is 1. The lowest BCUT2D eigenvalue weighted by atomic mass is 9.96. The molecule has 0 atom stereocenters. The number of hydrogen-bond donors (Lipinski definition) is 2. The molecule has 0 saturated carbocycles. The zero-order valence-electron chi connectivity index (χ0n) is 13.8. The molecule has 1 aromatic carbocycles. The minimum Gasteiger partial charge on any atom is -0.462 e. The predicted molar refractivity (Wildman–Crippen MR) is 99.3 cm³/mol. The number of benzene rings is 1. The summed E-state index contributed by atoms with van der Waals surface area (Å²) in [5, 5.41) is 10.1. The van der Waals surface area contributed by atoms with Crippen molar-refractivity contribution in [2.75, 3.05) is 18.1 Å². The van der Waals surface area contributed by atoms with Crippen molar-refractivity contribution in [3.8, 4) is 17.2 Å². The molecule has 0 radical (unpaired) electrons. The van der Waals surface area contributed by atoms with Gasteiger partial charge in [-0.3, -0.25) is 0 Å². The summed E-state index contributed by atoms with van der Waals surface area (Å²) in [6.07, 6.45) is 0. The van der Waals surface area contributed by atoms with Gasteiger partial charge in [-0.15, -0.1) is 11.3 Å². The van der Waals surface area contributed by atoms with Gasteiger partial charge in [-0.25, -0.2) is 9.78 Å². The number of anilines is 2. The molecule has 7 heteroatoms. The smallest absolute Gasteiger partial charge is 0.350 e. The van der Waals surface area contributed by atoms with E-state index in [1.165, 1.54) is 0 Å². The van der Waals surface area contributed by atoms with E-state index in [-0.39, 0.29) is 28.6 Å². The molecule has 0 aliphatic rings. The summed E-state index contributed by atoms with van der Waals surface area (Å²) in [6, 6.07) is 9.77. The van der Waals surface area contributed by atoms with Crippen LogP contribution in [0.5, 0.6) is 0 Å². The number of pyridine rings is 1. The van der Waals surface area contributed by atoms with E-state index in [9.17, 15) is 10.1 Å². The van der Waals surface area contributed by atoms with Gasteiger partial charge in [0.1, 0.15) is 27.2 Å². The maximum Gasteiger partial charge on any atom is 0.350 e. The van der Waals surface area contributed by atoms with Crippen LogP contribution in [0.1, 0.15) is 27.7 Å². The molecule has 2 heterocycles. The van der Waals surface area contributed by atoms with E-state index in [1.54, 1.807) is 6.92 Å². The lowest BCUT2D eigenvalue weighted by Crippen LogP contribution is -2.05. The summed E-state index contributed by atoms with van der Waals surface area (Å²) in [5.74, 6) is -0.392. The Balaban J connectivity index is 2.38. The van der Waals surface area contributed by atoms with E-state index >= 15 is 0 Å². The van der Waals surface area contributed by atoms with Crippen molar-refractivity contribution in [1.82, 2.24) is 4.98 Å². The van der Waals surface area contributed by atoms with E-state index in [0.29, 0.717) is 15.8 Å². The molecule has 6 nitrogen and oxygen atoms in total. The summed E-state index contributed by atoms with van der Waals surface area (Å²) in [7, 11) is 0. The average molecular weight is 352 g/mol. The molecule has 2 aromatic heterocycles. The molecule has 0 fully saturated rings. The van der Waals surface area contributed by atoms with Crippen molar-refractivity contribution in [3.05, 3.63) is 40.3 Å². The van der Waals surface area contributed by atoms with Crippen LogP contribution in [-0.4, -0.2) is 17.6 Å². The molecule has 0 aliphatic carbocycles. The van der Waals surface area contributed by atoms with Crippen molar-refractivity contribution >= 4 is 39.0 Å². The SMILES string of the molecule is CCOC(=O)c1sc2nc(N)c(C#N)c(-c3ccc(C)cc3)c2c1N. The van der Waals surface area contributed by atoms with E-state index in [0.717, 1.165) is 22.5 Å². The third kappa shape index (κ3) is 2.77. The number of fused-ring (bicyclic) bond motifs is 1. The Labute approximate surface area is 148 Å². The number of rotatable bonds is 3. The summed E-state index contributed by atoms with van der Waals surface area (Å²) >= 11 is 1.12. The van der Waals surface area contributed by atoms with Gasteiger partial charge in [0, 0.05) is 10.9 Å². The normalized spacial score (nSPS) is 10.6. The highest BCUT2D eigenvalue weighted by molar-refractivity contribution is 7.21. The van der Waals surface area contributed by atoms with Crippen molar-refractivity contribution in [2.45, 2.75) is 13.8 Å². The standard InChI is InChI=1S/C18H16N4O2S/c1-3-24-18(23)15-14(20)13-12(10-6-4-9(2)5-7-10)11(8-19)16(21)22-17(13)25-15/h4-7H,3,20H2,1-2H3,(H2,21,22). The molecule has 3 aromatic rings. The van der Waals surface area contributed by atoms with Gasteiger partial charge >= 0.3 is 5.97 Å². The molecule has 25 heavy (non-hydrogen) atoms. The first-order valence-electron chi connectivity index (χ1n) is 7.63.